The number of ether oxygens (including phenoxy) is 1. The maximum absolute atomic E-state index is 11.9. The first kappa shape index (κ1) is 12.5. The first-order valence-electron chi connectivity index (χ1n) is 5.61. The van der Waals surface area contributed by atoms with Crippen molar-refractivity contribution < 1.29 is 9.53 Å². The Morgan fingerprint density at radius 2 is 2.33 bits per heavy atom. The molecule has 0 saturated carbocycles. The van der Waals surface area contributed by atoms with Crippen molar-refractivity contribution in [3.8, 4) is 0 Å². The van der Waals surface area contributed by atoms with E-state index in [1.54, 1.807) is 7.11 Å². The SMILES string of the molecule is COC1CN(C(=O)C(C)CN)CCC1C. The number of hydrogen-bond acceptors (Lipinski definition) is 3. The highest BCUT2D eigenvalue weighted by Crippen LogP contribution is 2.20. The maximum atomic E-state index is 11.9. The van der Waals surface area contributed by atoms with Crippen LogP contribution in [0.5, 0.6) is 0 Å². The number of carbonyl (C=O) groups is 1. The van der Waals surface area contributed by atoms with Gasteiger partial charge in [0, 0.05) is 32.7 Å². The quantitative estimate of drug-likeness (QED) is 0.743. The molecule has 1 fully saturated rings. The van der Waals surface area contributed by atoms with Gasteiger partial charge >= 0.3 is 0 Å². The second-order valence-electron chi connectivity index (χ2n) is 4.46. The minimum absolute atomic E-state index is 0.0732. The Balaban J connectivity index is 2.54. The Bertz CT molecular complexity index is 221. The molecule has 15 heavy (non-hydrogen) atoms. The van der Waals surface area contributed by atoms with Crippen LogP contribution in [0.3, 0.4) is 0 Å². The van der Waals surface area contributed by atoms with Gasteiger partial charge in [-0.15, -0.1) is 0 Å². The van der Waals surface area contributed by atoms with Gasteiger partial charge in [0.15, 0.2) is 0 Å². The summed E-state index contributed by atoms with van der Waals surface area (Å²) in [6, 6.07) is 0. The zero-order chi connectivity index (χ0) is 11.4. The standard InChI is InChI=1S/C11H22N2O2/c1-8-4-5-13(7-10(8)15-3)11(14)9(2)6-12/h8-10H,4-7,12H2,1-3H3. The Morgan fingerprint density at radius 1 is 1.67 bits per heavy atom. The molecule has 0 spiro atoms. The van der Waals surface area contributed by atoms with E-state index in [2.05, 4.69) is 6.92 Å². The highest BCUT2D eigenvalue weighted by molar-refractivity contribution is 5.78. The third-order valence-electron chi connectivity index (χ3n) is 3.28. The number of amides is 1. The van der Waals surface area contributed by atoms with Crippen LogP contribution in [0.1, 0.15) is 20.3 Å². The summed E-state index contributed by atoms with van der Waals surface area (Å²) in [7, 11) is 1.71. The van der Waals surface area contributed by atoms with Gasteiger partial charge in [0.1, 0.15) is 0 Å². The molecule has 1 aliphatic rings. The molecule has 1 heterocycles. The van der Waals surface area contributed by atoms with Gasteiger partial charge < -0.3 is 15.4 Å². The van der Waals surface area contributed by atoms with Gasteiger partial charge in [-0.1, -0.05) is 13.8 Å². The van der Waals surface area contributed by atoms with E-state index < -0.39 is 0 Å². The van der Waals surface area contributed by atoms with E-state index in [0.717, 1.165) is 13.0 Å². The van der Waals surface area contributed by atoms with Crippen molar-refractivity contribution >= 4 is 5.91 Å². The van der Waals surface area contributed by atoms with Gasteiger partial charge in [0.2, 0.25) is 5.91 Å². The normalized spacial score (nSPS) is 28.9. The lowest BCUT2D eigenvalue weighted by atomic mass is 9.95. The van der Waals surface area contributed by atoms with Crippen LogP contribution in [0, 0.1) is 11.8 Å². The molecule has 1 aliphatic heterocycles. The molecule has 0 aromatic heterocycles. The summed E-state index contributed by atoms with van der Waals surface area (Å²) in [5.74, 6) is 0.620. The Morgan fingerprint density at radius 3 is 2.87 bits per heavy atom. The van der Waals surface area contributed by atoms with E-state index in [0.29, 0.717) is 19.0 Å². The van der Waals surface area contributed by atoms with Crippen LogP contribution in [-0.4, -0.2) is 43.7 Å². The van der Waals surface area contributed by atoms with Crippen molar-refractivity contribution in [1.29, 1.82) is 0 Å². The van der Waals surface area contributed by atoms with Crippen molar-refractivity contribution in [1.82, 2.24) is 4.90 Å². The van der Waals surface area contributed by atoms with E-state index in [1.165, 1.54) is 0 Å². The summed E-state index contributed by atoms with van der Waals surface area (Å²) < 4.78 is 5.37. The third-order valence-corrected chi connectivity index (χ3v) is 3.28. The van der Waals surface area contributed by atoms with Gasteiger partial charge in [-0.2, -0.15) is 0 Å². The number of carbonyl (C=O) groups excluding carboxylic acids is 1. The lowest BCUT2D eigenvalue weighted by Gasteiger charge is -2.37. The maximum Gasteiger partial charge on any atom is 0.226 e. The average molecular weight is 214 g/mol. The molecule has 0 aliphatic carbocycles. The van der Waals surface area contributed by atoms with E-state index >= 15 is 0 Å². The molecule has 3 atom stereocenters. The molecule has 0 aromatic carbocycles. The van der Waals surface area contributed by atoms with Crippen LogP contribution in [0.25, 0.3) is 0 Å². The number of likely N-dealkylation sites (tertiary alicyclic amines) is 1. The first-order valence-corrected chi connectivity index (χ1v) is 5.61. The predicted octanol–water partition coefficient (Wildman–Crippen LogP) is 0.465. The zero-order valence-electron chi connectivity index (χ0n) is 9.90. The second-order valence-corrected chi connectivity index (χ2v) is 4.46. The monoisotopic (exact) mass is 214 g/mol. The lowest BCUT2D eigenvalue weighted by Crippen LogP contribution is -2.49. The first-order chi connectivity index (χ1) is 7.10. The Hall–Kier alpha value is -0.610. The number of nitrogens with two attached hydrogens (primary N) is 1. The molecule has 3 unspecified atom stereocenters. The predicted molar refractivity (Wildman–Crippen MR) is 59.4 cm³/mol. The van der Waals surface area contributed by atoms with E-state index in [1.807, 2.05) is 11.8 Å². The van der Waals surface area contributed by atoms with Crippen molar-refractivity contribution in [3.05, 3.63) is 0 Å². The molecule has 4 nitrogen and oxygen atoms in total. The van der Waals surface area contributed by atoms with Crippen LogP contribution in [0.2, 0.25) is 0 Å². The summed E-state index contributed by atoms with van der Waals surface area (Å²) in [4.78, 5) is 13.8. The number of nitrogens with zero attached hydrogens (tertiary/aromatic N) is 1. The summed E-state index contributed by atoms with van der Waals surface area (Å²) in [6.45, 7) is 6.01. The Kier molecular flexibility index (Phi) is 4.54. The van der Waals surface area contributed by atoms with Crippen LogP contribution >= 0.6 is 0 Å². The second kappa shape index (κ2) is 5.47. The number of piperidine rings is 1. The summed E-state index contributed by atoms with van der Waals surface area (Å²) >= 11 is 0. The molecule has 0 radical (unpaired) electrons. The fourth-order valence-corrected chi connectivity index (χ4v) is 1.95. The van der Waals surface area contributed by atoms with Crippen molar-refractivity contribution in [2.24, 2.45) is 17.6 Å². The largest absolute Gasteiger partial charge is 0.379 e. The van der Waals surface area contributed by atoms with E-state index in [9.17, 15) is 4.79 Å². The molecule has 1 rings (SSSR count). The topological polar surface area (TPSA) is 55.6 Å². The van der Waals surface area contributed by atoms with Crippen molar-refractivity contribution in [2.45, 2.75) is 26.4 Å². The van der Waals surface area contributed by atoms with Crippen LogP contribution in [0.4, 0.5) is 0 Å². The average Bonchev–Trinajstić information content (AvgIpc) is 2.27. The number of hydrogen-bond donors (Lipinski definition) is 1. The van der Waals surface area contributed by atoms with Crippen LogP contribution in [0.15, 0.2) is 0 Å². The highest BCUT2D eigenvalue weighted by atomic mass is 16.5. The van der Waals surface area contributed by atoms with Gasteiger partial charge in [-0.25, -0.2) is 0 Å². The zero-order valence-corrected chi connectivity index (χ0v) is 9.90. The molecule has 88 valence electrons. The van der Waals surface area contributed by atoms with Crippen LogP contribution in [-0.2, 0) is 9.53 Å². The highest BCUT2D eigenvalue weighted by Gasteiger charge is 2.30. The molecule has 0 bridgehead atoms. The lowest BCUT2D eigenvalue weighted by molar-refractivity contribution is -0.139. The Labute approximate surface area is 91.8 Å². The fourth-order valence-electron chi connectivity index (χ4n) is 1.95. The minimum atomic E-state index is -0.0732. The van der Waals surface area contributed by atoms with Gasteiger partial charge in [-0.3, -0.25) is 4.79 Å². The van der Waals surface area contributed by atoms with Gasteiger partial charge in [0.05, 0.1) is 6.10 Å². The number of rotatable bonds is 3. The molecule has 1 amide bonds. The number of methoxy groups -OCH3 is 1. The molecule has 1 saturated heterocycles. The van der Waals surface area contributed by atoms with Crippen LogP contribution < -0.4 is 5.73 Å². The molecular weight excluding hydrogens is 192 g/mol. The van der Waals surface area contributed by atoms with Gasteiger partial charge in [0.25, 0.3) is 0 Å². The minimum Gasteiger partial charge on any atom is -0.379 e. The molecular formula is C11H22N2O2. The third kappa shape index (κ3) is 2.92. The van der Waals surface area contributed by atoms with Crippen molar-refractivity contribution in [2.75, 3.05) is 26.7 Å². The molecule has 0 aromatic rings. The fraction of sp³-hybridized carbons (Fsp3) is 0.909. The van der Waals surface area contributed by atoms with E-state index in [-0.39, 0.29) is 17.9 Å². The summed E-state index contributed by atoms with van der Waals surface area (Å²) in [5.41, 5.74) is 5.50. The molecule has 4 heteroatoms. The molecule has 2 N–H and O–H groups in total. The van der Waals surface area contributed by atoms with E-state index in [4.69, 9.17) is 10.5 Å². The van der Waals surface area contributed by atoms with Gasteiger partial charge in [-0.05, 0) is 12.3 Å². The summed E-state index contributed by atoms with van der Waals surface area (Å²) in [5, 5.41) is 0. The smallest absolute Gasteiger partial charge is 0.226 e. The summed E-state index contributed by atoms with van der Waals surface area (Å²) in [6.07, 6.45) is 1.19. The van der Waals surface area contributed by atoms with Crippen molar-refractivity contribution in [3.63, 3.8) is 0 Å².